The fourth-order valence-electron chi connectivity index (χ4n) is 4.05. The van der Waals surface area contributed by atoms with Crippen molar-refractivity contribution in [1.29, 1.82) is 0 Å². The van der Waals surface area contributed by atoms with Gasteiger partial charge in [-0.1, -0.05) is 173 Å². The number of rotatable bonds is 11. The van der Waals surface area contributed by atoms with Crippen molar-refractivity contribution in [2.24, 2.45) is 11.8 Å². The van der Waals surface area contributed by atoms with Crippen LogP contribution in [-0.4, -0.2) is 35.8 Å². The number of ether oxygens (including phenoxy) is 3. The molecule has 4 aromatic carbocycles. The fourth-order valence-corrected chi connectivity index (χ4v) is 4.05. The predicted molar refractivity (Wildman–Crippen MR) is 233 cm³/mol. The maximum absolute atomic E-state index is 11.8. The van der Waals surface area contributed by atoms with Gasteiger partial charge in [0.15, 0.2) is 0 Å². The molecule has 0 aliphatic carbocycles. The monoisotopic (exact) mass is 796 g/mol. The Labute approximate surface area is 346 Å². The molecule has 9 nitrogen and oxygen atoms in total. The van der Waals surface area contributed by atoms with E-state index in [4.69, 9.17) is 9.47 Å². The lowest BCUT2D eigenvalue weighted by Gasteiger charge is -2.10. The maximum Gasteiger partial charge on any atom is 0.346 e. The average Bonchev–Trinajstić information content (AvgIpc) is 3.28. The Morgan fingerprint density at radius 2 is 0.862 bits per heavy atom. The number of hydrogen-bond donors (Lipinski definition) is 0. The quantitative estimate of drug-likeness (QED) is 0.0630. The van der Waals surface area contributed by atoms with Crippen molar-refractivity contribution in [2.45, 2.75) is 101 Å². The Morgan fingerprint density at radius 3 is 1.24 bits per heavy atom. The molecule has 0 aliphatic rings. The van der Waals surface area contributed by atoms with E-state index in [1.807, 2.05) is 123 Å². The van der Waals surface area contributed by atoms with Crippen LogP contribution in [0.5, 0.6) is 0 Å². The molecule has 0 N–H and O–H groups in total. The van der Waals surface area contributed by atoms with Crippen molar-refractivity contribution >= 4 is 41.9 Å². The summed E-state index contributed by atoms with van der Waals surface area (Å²) in [5.74, 6) is -3.62. The number of benzene rings is 4. The molecule has 0 spiro atoms. The minimum absolute atomic E-state index is 0.0135. The summed E-state index contributed by atoms with van der Waals surface area (Å²) in [6.45, 7) is 21.2. The molecule has 0 bridgehead atoms. The number of hydrogen-bond acceptors (Lipinski definition) is 9. The van der Waals surface area contributed by atoms with Crippen LogP contribution in [0.3, 0.4) is 0 Å². The molecule has 3 unspecified atom stereocenters. The third kappa shape index (κ3) is 23.8. The molecule has 0 heterocycles. The van der Waals surface area contributed by atoms with E-state index in [2.05, 4.69) is 4.74 Å². The lowest BCUT2D eigenvalue weighted by atomic mass is 9.98. The summed E-state index contributed by atoms with van der Waals surface area (Å²) in [6.07, 6.45) is 4.46. The molecule has 0 saturated heterocycles. The lowest BCUT2D eigenvalue weighted by molar-refractivity contribution is -0.165. The summed E-state index contributed by atoms with van der Waals surface area (Å²) in [4.78, 5) is 68.9. The molecule has 4 rings (SSSR count). The van der Waals surface area contributed by atoms with Gasteiger partial charge in [-0.15, -0.1) is 0 Å². The molecule has 0 aliphatic heterocycles. The second-order valence-corrected chi connectivity index (χ2v) is 11.8. The van der Waals surface area contributed by atoms with E-state index in [1.165, 1.54) is 6.08 Å². The summed E-state index contributed by atoms with van der Waals surface area (Å²) in [7, 11) is 0. The topological polar surface area (TPSA) is 130 Å². The Hall–Kier alpha value is -5.96. The van der Waals surface area contributed by atoms with E-state index in [0.29, 0.717) is 24.0 Å². The van der Waals surface area contributed by atoms with E-state index in [1.54, 1.807) is 80.6 Å². The summed E-state index contributed by atoms with van der Waals surface area (Å²) in [6, 6.07) is 35.9. The third-order valence-electron chi connectivity index (χ3n) is 7.70. The van der Waals surface area contributed by atoms with Crippen molar-refractivity contribution in [1.82, 2.24) is 0 Å². The van der Waals surface area contributed by atoms with E-state index >= 15 is 0 Å². The first-order valence-corrected chi connectivity index (χ1v) is 20.1. The van der Waals surface area contributed by atoms with Crippen LogP contribution in [0.1, 0.15) is 133 Å². The zero-order valence-corrected chi connectivity index (χ0v) is 36.2. The standard InChI is InChI=1S/C19H18O3.C14H10O3.C10H18O3.3C2H6/c1-15(17-10-6-3-7-11-17)14-19(21)22-18(20)13-12-16-8-4-2-5-9-16;15-13(11-7-3-1-4-8-11)17-14(16)12-9-5-2-6-10-12;1-5-7(3)9(11)13-10(12)8(4)6-2;3*1-2/h2-13,15H,14H2,1H3;1-10H;7-8H,5-6H2,1-4H3;3*1-2H3/b13-12+;;;;;. The molecule has 3 atom stereocenters. The Kier molecular flexibility index (Phi) is 32.0. The van der Waals surface area contributed by atoms with Crippen LogP contribution in [0.15, 0.2) is 127 Å². The minimum Gasteiger partial charge on any atom is -0.393 e. The summed E-state index contributed by atoms with van der Waals surface area (Å²) < 4.78 is 14.2. The second kappa shape index (κ2) is 34.3. The largest absolute Gasteiger partial charge is 0.393 e. The smallest absolute Gasteiger partial charge is 0.346 e. The molecule has 0 fully saturated rings. The van der Waals surface area contributed by atoms with Crippen molar-refractivity contribution in [3.8, 4) is 0 Å². The highest BCUT2D eigenvalue weighted by Crippen LogP contribution is 2.19. The van der Waals surface area contributed by atoms with Gasteiger partial charge < -0.3 is 14.2 Å². The van der Waals surface area contributed by atoms with Gasteiger partial charge in [0.05, 0.1) is 29.4 Å². The normalized spacial score (nSPS) is 11.0. The Bertz CT molecular complexity index is 1670. The SMILES string of the molecule is CC.CC.CC.CC(CC(=O)OC(=O)/C=C/c1ccccc1)c1ccccc1.CCC(C)C(=O)OC(=O)C(C)CC.O=C(OC(=O)c1ccccc1)c1ccccc1. The van der Waals surface area contributed by atoms with Crippen molar-refractivity contribution < 1.29 is 43.0 Å². The molecule has 0 saturated carbocycles. The van der Waals surface area contributed by atoms with Gasteiger partial charge in [-0.05, 0) is 60.2 Å². The first-order chi connectivity index (χ1) is 27.9. The molecule has 0 radical (unpaired) electrons. The van der Waals surface area contributed by atoms with Crippen molar-refractivity contribution in [3.63, 3.8) is 0 Å². The van der Waals surface area contributed by atoms with E-state index < -0.39 is 35.8 Å². The lowest BCUT2D eigenvalue weighted by Crippen LogP contribution is -2.22. The third-order valence-corrected chi connectivity index (χ3v) is 7.70. The van der Waals surface area contributed by atoms with E-state index in [0.717, 1.165) is 11.1 Å². The van der Waals surface area contributed by atoms with Crippen LogP contribution in [0, 0.1) is 11.8 Å². The van der Waals surface area contributed by atoms with Crippen LogP contribution >= 0.6 is 0 Å². The molecule has 4 aromatic rings. The number of carbonyl (C=O) groups is 6. The van der Waals surface area contributed by atoms with Gasteiger partial charge in [-0.2, -0.15) is 0 Å². The zero-order valence-electron chi connectivity index (χ0n) is 36.2. The number of carbonyl (C=O) groups excluding carboxylic acids is 6. The highest BCUT2D eigenvalue weighted by Gasteiger charge is 2.20. The van der Waals surface area contributed by atoms with E-state index in [9.17, 15) is 28.8 Å². The van der Waals surface area contributed by atoms with Crippen LogP contribution in [0.4, 0.5) is 0 Å². The maximum atomic E-state index is 11.8. The molecule has 314 valence electrons. The number of esters is 6. The van der Waals surface area contributed by atoms with Crippen LogP contribution < -0.4 is 0 Å². The second-order valence-electron chi connectivity index (χ2n) is 11.8. The van der Waals surface area contributed by atoms with Crippen molar-refractivity contribution in [2.75, 3.05) is 0 Å². The zero-order chi connectivity index (χ0) is 44.3. The predicted octanol–water partition coefficient (Wildman–Crippen LogP) is 11.9. The summed E-state index contributed by atoms with van der Waals surface area (Å²) >= 11 is 0. The molecule has 58 heavy (non-hydrogen) atoms. The van der Waals surface area contributed by atoms with E-state index in [-0.39, 0.29) is 24.2 Å². The molecule has 9 heteroatoms. The first-order valence-electron chi connectivity index (χ1n) is 20.1. The molecular weight excluding hydrogens is 733 g/mol. The van der Waals surface area contributed by atoms with Gasteiger partial charge >= 0.3 is 35.8 Å². The average molecular weight is 797 g/mol. The Morgan fingerprint density at radius 1 is 0.500 bits per heavy atom. The fraction of sp³-hybridized carbons (Fsp3) is 0.347. The minimum atomic E-state index is -0.644. The van der Waals surface area contributed by atoms with Crippen LogP contribution in [0.25, 0.3) is 6.08 Å². The van der Waals surface area contributed by atoms with Gasteiger partial charge in [0, 0.05) is 6.08 Å². The Balaban J connectivity index is 0. The van der Waals surface area contributed by atoms with Gasteiger partial charge in [0.2, 0.25) is 0 Å². The first kappa shape index (κ1) is 54.1. The van der Waals surface area contributed by atoms with Gasteiger partial charge in [0.1, 0.15) is 0 Å². The van der Waals surface area contributed by atoms with Gasteiger partial charge in [-0.25, -0.2) is 14.4 Å². The van der Waals surface area contributed by atoms with Crippen LogP contribution in [0.2, 0.25) is 0 Å². The highest BCUT2D eigenvalue weighted by molar-refractivity contribution is 6.02. The van der Waals surface area contributed by atoms with Crippen LogP contribution in [-0.2, 0) is 33.4 Å². The van der Waals surface area contributed by atoms with Gasteiger partial charge in [-0.3, -0.25) is 14.4 Å². The summed E-state index contributed by atoms with van der Waals surface area (Å²) in [5.41, 5.74) is 2.64. The van der Waals surface area contributed by atoms with Crippen molar-refractivity contribution in [3.05, 3.63) is 150 Å². The van der Waals surface area contributed by atoms with Gasteiger partial charge in [0.25, 0.3) is 0 Å². The summed E-state index contributed by atoms with van der Waals surface area (Å²) in [5, 5.41) is 0. The molecule has 0 amide bonds. The molecule has 0 aromatic heterocycles. The highest BCUT2D eigenvalue weighted by atomic mass is 16.6. The molecular formula is C49H64O9.